The lowest BCUT2D eigenvalue weighted by atomic mass is 10.3. The molecule has 0 radical (unpaired) electrons. The van der Waals surface area contributed by atoms with Crippen molar-refractivity contribution in [3.63, 3.8) is 0 Å². The Balaban J connectivity index is 2.09. The summed E-state index contributed by atoms with van der Waals surface area (Å²) in [4.78, 5) is 8.42. The van der Waals surface area contributed by atoms with E-state index in [1.165, 1.54) is 25.4 Å². The van der Waals surface area contributed by atoms with Gasteiger partial charge in [-0.25, -0.2) is 13.4 Å². The van der Waals surface area contributed by atoms with Crippen molar-refractivity contribution in [2.45, 2.75) is 9.92 Å². The molecule has 0 saturated heterocycles. The predicted octanol–water partition coefficient (Wildman–Crippen LogP) is 3.12. The van der Waals surface area contributed by atoms with E-state index < -0.39 is 9.84 Å². The van der Waals surface area contributed by atoms with E-state index in [9.17, 15) is 8.42 Å². The average molecular weight is 335 g/mol. The Morgan fingerprint density at radius 1 is 1.05 bits per heavy atom. The molecule has 0 spiro atoms. The highest BCUT2D eigenvalue weighted by molar-refractivity contribution is 7.91. The molecule has 0 aliphatic heterocycles. The van der Waals surface area contributed by atoms with E-state index in [0.717, 1.165) is 0 Å². The molecule has 3 rings (SSSR count). The summed E-state index contributed by atoms with van der Waals surface area (Å²) >= 11 is 5.87. The summed E-state index contributed by atoms with van der Waals surface area (Å²) in [6.45, 7) is 0. The van der Waals surface area contributed by atoms with Gasteiger partial charge in [-0.15, -0.1) is 0 Å². The van der Waals surface area contributed by atoms with Gasteiger partial charge in [0.1, 0.15) is 5.75 Å². The number of sulfone groups is 1. The second kappa shape index (κ2) is 5.55. The number of benzene rings is 2. The van der Waals surface area contributed by atoms with E-state index in [1.807, 2.05) is 0 Å². The molecule has 3 aromatic rings. The number of fused-ring (bicyclic) bond motifs is 1. The van der Waals surface area contributed by atoms with Gasteiger partial charge in [-0.2, -0.15) is 0 Å². The summed E-state index contributed by atoms with van der Waals surface area (Å²) in [6, 6.07) is 11.0. The van der Waals surface area contributed by atoms with Crippen LogP contribution in [-0.4, -0.2) is 25.5 Å². The van der Waals surface area contributed by atoms with E-state index >= 15 is 0 Å². The highest BCUT2D eigenvalue weighted by Crippen LogP contribution is 2.23. The van der Waals surface area contributed by atoms with E-state index in [1.54, 1.807) is 30.3 Å². The third-order valence-electron chi connectivity index (χ3n) is 3.13. The normalized spacial score (nSPS) is 11.5. The Hall–Kier alpha value is -2.18. The van der Waals surface area contributed by atoms with Gasteiger partial charge in [0, 0.05) is 5.02 Å². The number of methoxy groups -OCH3 is 1. The molecule has 1 aromatic heterocycles. The molecule has 0 atom stereocenters. The summed E-state index contributed by atoms with van der Waals surface area (Å²) in [5.41, 5.74) is 1.01. The third-order valence-corrected chi connectivity index (χ3v) is 5.00. The molecular weight excluding hydrogens is 324 g/mol. The number of hydrogen-bond donors (Lipinski definition) is 0. The van der Waals surface area contributed by atoms with Gasteiger partial charge >= 0.3 is 0 Å². The fourth-order valence-electron chi connectivity index (χ4n) is 1.97. The summed E-state index contributed by atoms with van der Waals surface area (Å²) in [5, 5.41) is 0.417. The maximum absolute atomic E-state index is 12.6. The second-order valence-corrected chi connectivity index (χ2v) is 6.85. The summed E-state index contributed by atoms with van der Waals surface area (Å²) < 4.78 is 30.2. The van der Waals surface area contributed by atoms with Gasteiger partial charge in [-0.1, -0.05) is 11.6 Å². The lowest BCUT2D eigenvalue weighted by molar-refractivity contribution is 0.414. The fourth-order valence-corrected chi connectivity index (χ4v) is 3.28. The van der Waals surface area contributed by atoms with Crippen molar-refractivity contribution >= 4 is 32.5 Å². The molecule has 2 aromatic carbocycles. The van der Waals surface area contributed by atoms with E-state index in [2.05, 4.69) is 9.97 Å². The van der Waals surface area contributed by atoms with Gasteiger partial charge in [0.2, 0.25) is 9.84 Å². The van der Waals surface area contributed by atoms with Crippen LogP contribution in [0.2, 0.25) is 5.02 Å². The molecule has 0 bridgehead atoms. The van der Waals surface area contributed by atoms with E-state index in [4.69, 9.17) is 16.3 Å². The second-order valence-electron chi connectivity index (χ2n) is 4.52. The molecule has 0 aliphatic rings. The molecule has 112 valence electrons. The van der Waals surface area contributed by atoms with E-state index in [0.29, 0.717) is 21.8 Å². The average Bonchev–Trinajstić information content (AvgIpc) is 2.54. The number of nitrogens with zero attached hydrogens (tertiary/aromatic N) is 2. The minimum absolute atomic E-state index is 0.104. The smallest absolute Gasteiger partial charge is 0.225 e. The lowest BCUT2D eigenvalue weighted by Crippen LogP contribution is -2.05. The molecule has 7 heteroatoms. The number of rotatable bonds is 3. The Kier molecular flexibility index (Phi) is 3.72. The Bertz CT molecular complexity index is 941. The van der Waals surface area contributed by atoms with Crippen LogP contribution in [-0.2, 0) is 9.84 Å². The first-order valence-electron chi connectivity index (χ1n) is 6.32. The van der Waals surface area contributed by atoms with Gasteiger partial charge in [0.05, 0.1) is 29.2 Å². The van der Waals surface area contributed by atoms with Gasteiger partial charge in [0.15, 0.2) is 5.03 Å². The monoisotopic (exact) mass is 334 g/mol. The fraction of sp³-hybridized carbons (Fsp3) is 0.0667. The van der Waals surface area contributed by atoms with Gasteiger partial charge in [0.25, 0.3) is 0 Å². The maximum atomic E-state index is 12.6. The zero-order valence-electron chi connectivity index (χ0n) is 11.5. The van der Waals surface area contributed by atoms with Crippen LogP contribution in [0.3, 0.4) is 0 Å². The number of ether oxygens (including phenoxy) is 1. The van der Waals surface area contributed by atoms with E-state index in [-0.39, 0.29) is 9.92 Å². The minimum atomic E-state index is -3.73. The minimum Gasteiger partial charge on any atom is -0.497 e. The number of halogens is 1. The lowest BCUT2D eigenvalue weighted by Gasteiger charge is -2.06. The molecule has 0 amide bonds. The van der Waals surface area contributed by atoms with Crippen LogP contribution in [0.1, 0.15) is 0 Å². The Labute approximate surface area is 132 Å². The molecule has 0 saturated carbocycles. The molecule has 0 N–H and O–H groups in total. The molecule has 0 unspecified atom stereocenters. The highest BCUT2D eigenvalue weighted by atomic mass is 35.5. The van der Waals surface area contributed by atoms with Crippen LogP contribution in [0.4, 0.5) is 0 Å². The highest BCUT2D eigenvalue weighted by Gasteiger charge is 2.20. The molecular formula is C15H11ClN2O3S. The Morgan fingerprint density at radius 2 is 1.77 bits per heavy atom. The van der Waals surface area contributed by atoms with Gasteiger partial charge in [-0.05, 0) is 42.5 Å². The number of hydrogen-bond acceptors (Lipinski definition) is 5. The van der Waals surface area contributed by atoms with Crippen LogP contribution in [0.25, 0.3) is 11.0 Å². The molecule has 0 fully saturated rings. The number of aromatic nitrogens is 2. The summed E-state index contributed by atoms with van der Waals surface area (Å²) in [7, 11) is -2.21. The van der Waals surface area contributed by atoms with Crippen molar-refractivity contribution in [3.8, 4) is 5.75 Å². The molecule has 22 heavy (non-hydrogen) atoms. The third kappa shape index (κ3) is 2.63. The van der Waals surface area contributed by atoms with Crippen molar-refractivity contribution in [3.05, 3.63) is 53.7 Å². The first kappa shape index (κ1) is 14.7. The zero-order valence-corrected chi connectivity index (χ0v) is 13.1. The molecule has 1 heterocycles. The SMILES string of the molecule is COc1ccc(S(=O)(=O)c2cnc3cc(Cl)ccc3n2)cc1. The van der Waals surface area contributed by atoms with Crippen molar-refractivity contribution in [2.24, 2.45) is 0 Å². The quantitative estimate of drug-likeness (QED) is 0.736. The zero-order chi connectivity index (χ0) is 15.7. The predicted molar refractivity (Wildman–Crippen MR) is 83.0 cm³/mol. The topological polar surface area (TPSA) is 69.2 Å². The van der Waals surface area contributed by atoms with Crippen LogP contribution >= 0.6 is 11.6 Å². The Morgan fingerprint density at radius 3 is 2.45 bits per heavy atom. The van der Waals surface area contributed by atoms with Gasteiger partial charge in [-0.3, -0.25) is 4.98 Å². The first-order chi connectivity index (χ1) is 10.5. The van der Waals surface area contributed by atoms with Crippen molar-refractivity contribution in [2.75, 3.05) is 7.11 Å². The van der Waals surface area contributed by atoms with Crippen LogP contribution < -0.4 is 4.74 Å². The largest absolute Gasteiger partial charge is 0.497 e. The van der Waals surface area contributed by atoms with Crippen molar-refractivity contribution in [1.82, 2.24) is 9.97 Å². The van der Waals surface area contributed by atoms with Crippen molar-refractivity contribution in [1.29, 1.82) is 0 Å². The van der Waals surface area contributed by atoms with Crippen LogP contribution in [0.15, 0.2) is 58.6 Å². The maximum Gasteiger partial charge on any atom is 0.225 e. The van der Waals surface area contributed by atoms with Crippen molar-refractivity contribution < 1.29 is 13.2 Å². The first-order valence-corrected chi connectivity index (χ1v) is 8.18. The standard InChI is InChI=1S/C15H11ClN2O3S/c1-21-11-3-5-12(6-4-11)22(19,20)15-9-17-14-8-10(16)2-7-13(14)18-15/h2-9H,1H3. The summed E-state index contributed by atoms with van der Waals surface area (Å²) in [5.74, 6) is 0.582. The molecule has 0 aliphatic carbocycles. The molecule has 5 nitrogen and oxygen atoms in total. The van der Waals surface area contributed by atoms with Crippen LogP contribution in [0, 0.1) is 0 Å². The van der Waals surface area contributed by atoms with Gasteiger partial charge < -0.3 is 4.74 Å². The summed E-state index contributed by atoms with van der Waals surface area (Å²) in [6.07, 6.45) is 1.23. The van der Waals surface area contributed by atoms with Crippen LogP contribution in [0.5, 0.6) is 5.75 Å².